The van der Waals surface area contributed by atoms with Crippen molar-refractivity contribution in [1.29, 1.82) is 0 Å². The zero-order valence-corrected chi connectivity index (χ0v) is 21.1. The molecule has 1 aromatic heterocycles. The third-order valence-corrected chi connectivity index (χ3v) is 6.73. The number of benzene rings is 1. The van der Waals surface area contributed by atoms with Crippen molar-refractivity contribution in [3.63, 3.8) is 0 Å². The zero-order chi connectivity index (χ0) is 25.9. The number of nitrogens with zero attached hydrogens (tertiary/aromatic N) is 4. The normalized spacial score (nSPS) is 14.9. The molecule has 35 heavy (non-hydrogen) atoms. The fraction of sp³-hybridized carbons (Fsp3) is 0.391. The molecular formula is C23H30FN7O3S. The number of hydrogen-bond acceptors (Lipinski definition) is 9. The van der Waals surface area contributed by atoms with E-state index < -0.39 is 23.7 Å². The summed E-state index contributed by atoms with van der Waals surface area (Å²) in [6.45, 7) is 9.85. The first-order chi connectivity index (χ1) is 16.4. The molecule has 0 spiro atoms. The molecule has 1 aliphatic rings. The monoisotopic (exact) mass is 503 g/mol. The van der Waals surface area contributed by atoms with E-state index in [1.807, 2.05) is 0 Å². The number of anilines is 1. The minimum atomic E-state index is -0.635. The van der Waals surface area contributed by atoms with Gasteiger partial charge in [-0.1, -0.05) is 6.07 Å². The van der Waals surface area contributed by atoms with E-state index in [-0.39, 0.29) is 35.1 Å². The number of amidine groups is 1. The average molecular weight is 504 g/mol. The number of rotatable bonds is 6. The number of nitrogens with one attached hydrogen (secondary N) is 1. The van der Waals surface area contributed by atoms with Gasteiger partial charge in [-0.15, -0.1) is 0 Å². The number of amides is 1. The molecule has 1 unspecified atom stereocenters. The number of halogens is 1. The Hall–Kier alpha value is -3.22. The fourth-order valence-corrected chi connectivity index (χ4v) is 4.39. The van der Waals surface area contributed by atoms with E-state index in [9.17, 15) is 14.0 Å². The molecule has 10 nitrogen and oxygen atoms in total. The van der Waals surface area contributed by atoms with Crippen LogP contribution in [0.25, 0.3) is 0 Å². The van der Waals surface area contributed by atoms with Crippen LogP contribution >= 0.6 is 11.9 Å². The van der Waals surface area contributed by atoms with Crippen LogP contribution in [-0.2, 0) is 16.1 Å². The van der Waals surface area contributed by atoms with E-state index in [0.29, 0.717) is 6.54 Å². The number of hydrazine groups is 1. The Morgan fingerprint density at radius 3 is 2.71 bits per heavy atom. The average Bonchev–Trinajstić information content (AvgIpc) is 3.21. The maximum atomic E-state index is 14.8. The number of hydrazone groups is 1. The highest BCUT2D eigenvalue weighted by atomic mass is 32.2. The van der Waals surface area contributed by atoms with E-state index in [4.69, 9.17) is 16.4 Å². The highest BCUT2D eigenvalue weighted by Crippen LogP contribution is 2.41. The smallest absolute Gasteiger partial charge is 0.302 e. The van der Waals surface area contributed by atoms with Crippen molar-refractivity contribution in [2.75, 3.05) is 11.9 Å². The number of esters is 1. The summed E-state index contributed by atoms with van der Waals surface area (Å²) in [5, 5.41) is 7.54. The van der Waals surface area contributed by atoms with E-state index in [1.165, 1.54) is 29.9 Å². The summed E-state index contributed by atoms with van der Waals surface area (Å²) in [6, 6.07) is 7.30. The molecule has 0 aliphatic carbocycles. The van der Waals surface area contributed by atoms with Gasteiger partial charge in [-0.25, -0.2) is 19.5 Å². The second-order valence-corrected chi connectivity index (χ2v) is 10.2. The van der Waals surface area contributed by atoms with E-state index in [0.717, 1.165) is 10.5 Å². The lowest BCUT2D eigenvalue weighted by molar-refractivity contribution is -0.142. The zero-order valence-electron chi connectivity index (χ0n) is 20.3. The molecule has 1 aromatic carbocycles. The van der Waals surface area contributed by atoms with Gasteiger partial charge in [0.15, 0.2) is 5.84 Å². The Kier molecular flexibility index (Phi) is 7.98. The first kappa shape index (κ1) is 26.4. The van der Waals surface area contributed by atoms with E-state index >= 15 is 0 Å². The van der Waals surface area contributed by atoms with Gasteiger partial charge in [0.2, 0.25) is 0 Å². The van der Waals surface area contributed by atoms with E-state index in [1.54, 1.807) is 31.2 Å². The number of fused-ring (bicyclic) bond motifs is 1. The van der Waals surface area contributed by atoms with Gasteiger partial charge in [0, 0.05) is 23.9 Å². The van der Waals surface area contributed by atoms with Gasteiger partial charge in [0.1, 0.15) is 23.9 Å². The third kappa shape index (κ3) is 6.27. The van der Waals surface area contributed by atoms with Crippen molar-refractivity contribution >= 4 is 35.5 Å². The SMILES string of the molecule is CC(=O)OCC(C)N(N)/C(=N\N)c1cccc(NC(=O)c2cc3c(cc2F)CN(C(C)(C)C)S3)n1. The van der Waals surface area contributed by atoms with Crippen LogP contribution in [0.4, 0.5) is 10.2 Å². The molecule has 2 heterocycles. The van der Waals surface area contributed by atoms with Crippen molar-refractivity contribution in [3.8, 4) is 0 Å². The molecule has 0 fully saturated rings. The number of pyridine rings is 1. The topological polar surface area (TPSA) is 139 Å². The van der Waals surface area contributed by atoms with E-state index in [2.05, 4.69) is 40.5 Å². The molecule has 0 saturated carbocycles. The fourth-order valence-electron chi connectivity index (χ4n) is 3.26. The second kappa shape index (κ2) is 10.6. The molecular weight excluding hydrogens is 473 g/mol. The first-order valence-electron chi connectivity index (χ1n) is 10.9. The van der Waals surface area contributed by atoms with Crippen LogP contribution in [-0.4, -0.2) is 50.2 Å². The van der Waals surface area contributed by atoms with Crippen molar-refractivity contribution in [2.45, 2.75) is 57.6 Å². The maximum Gasteiger partial charge on any atom is 0.302 e. The Bertz CT molecular complexity index is 1150. The lowest BCUT2D eigenvalue weighted by Gasteiger charge is -2.29. The summed E-state index contributed by atoms with van der Waals surface area (Å²) in [5.74, 6) is 10.2. The predicted octanol–water partition coefficient (Wildman–Crippen LogP) is 2.84. The Labute approximate surface area is 208 Å². The molecule has 1 atom stereocenters. The molecule has 188 valence electrons. The molecule has 1 aliphatic heterocycles. The van der Waals surface area contributed by atoms with Crippen LogP contribution in [0.1, 0.15) is 56.2 Å². The van der Waals surface area contributed by atoms with Crippen LogP contribution < -0.4 is 17.0 Å². The number of ether oxygens (including phenoxy) is 1. The van der Waals surface area contributed by atoms with Crippen LogP contribution in [0.5, 0.6) is 0 Å². The van der Waals surface area contributed by atoms with Gasteiger partial charge in [-0.05, 0) is 69.5 Å². The Morgan fingerprint density at radius 1 is 1.37 bits per heavy atom. The van der Waals surface area contributed by atoms with Gasteiger partial charge in [0.25, 0.3) is 5.91 Å². The van der Waals surface area contributed by atoms with Crippen molar-refractivity contribution < 1.29 is 18.7 Å². The largest absolute Gasteiger partial charge is 0.464 e. The summed E-state index contributed by atoms with van der Waals surface area (Å²) in [4.78, 5) is 29.2. The van der Waals surface area contributed by atoms with Crippen molar-refractivity contribution in [1.82, 2.24) is 14.3 Å². The summed E-state index contributed by atoms with van der Waals surface area (Å²) in [5.41, 5.74) is 0.923. The molecule has 0 saturated heterocycles. The summed E-state index contributed by atoms with van der Waals surface area (Å²) in [7, 11) is 0. The number of hydrogen-bond donors (Lipinski definition) is 3. The summed E-state index contributed by atoms with van der Waals surface area (Å²) >= 11 is 1.50. The van der Waals surface area contributed by atoms with Gasteiger partial charge >= 0.3 is 5.97 Å². The number of nitrogens with two attached hydrogens (primary N) is 2. The third-order valence-electron chi connectivity index (χ3n) is 5.25. The minimum Gasteiger partial charge on any atom is -0.464 e. The Balaban J connectivity index is 1.77. The van der Waals surface area contributed by atoms with Gasteiger partial charge in [-0.3, -0.25) is 14.6 Å². The molecule has 2 aromatic rings. The number of aromatic nitrogens is 1. The molecule has 12 heteroatoms. The maximum absolute atomic E-state index is 14.8. The van der Waals surface area contributed by atoms with Gasteiger partial charge < -0.3 is 15.9 Å². The molecule has 3 rings (SSSR count). The van der Waals surface area contributed by atoms with Crippen LogP contribution in [0, 0.1) is 5.82 Å². The van der Waals surface area contributed by atoms with Crippen LogP contribution in [0.2, 0.25) is 0 Å². The Morgan fingerprint density at radius 2 is 2.09 bits per heavy atom. The molecule has 1 amide bonds. The van der Waals surface area contributed by atoms with Gasteiger partial charge in [-0.2, -0.15) is 5.10 Å². The first-order valence-corrected chi connectivity index (χ1v) is 11.7. The predicted molar refractivity (Wildman–Crippen MR) is 133 cm³/mol. The van der Waals surface area contributed by atoms with Crippen LogP contribution in [0.3, 0.4) is 0 Å². The second-order valence-electron chi connectivity index (χ2n) is 9.11. The van der Waals surface area contributed by atoms with Crippen molar-refractivity contribution in [2.24, 2.45) is 16.8 Å². The molecule has 0 bridgehead atoms. The number of carbonyl (C=O) groups excluding carboxylic acids is 2. The van der Waals surface area contributed by atoms with Crippen molar-refractivity contribution in [3.05, 3.63) is 53.0 Å². The van der Waals surface area contributed by atoms with Gasteiger partial charge in [0.05, 0.1) is 11.6 Å². The summed E-state index contributed by atoms with van der Waals surface area (Å²) in [6.07, 6.45) is 0. The summed E-state index contributed by atoms with van der Waals surface area (Å²) < 4.78 is 21.9. The number of carbonyl (C=O) groups is 2. The quantitative estimate of drug-likeness (QED) is 0.136. The highest BCUT2D eigenvalue weighted by Gasteiger charge is 2.31. The highest BCUT2D eigenvalue weighted by molar-refractivity contribution is 7.97. The molecule has 0 radical (unpaired) electrons. The molecule has 5 N–H and O–H groups in total. The standard InChI is InChI=1S/C23H30FN7O3S/c1-13(12-34-14(2)32)31(26)21(29-25)18-7-6-8-20(27-18)28-22(33)16-10-19-15(9-17(16)24)11-30(35-19)23(3,4)5/h6-10,13H,11-12,25-26H2,1-5H3,(H,27,28,33)/b29-21-. The lowest BCUT2D eigenvalue weighted by Crippen LogP contribution is -2.47. The van der Waals surface area contributed by atoms with Crippen LogP contribution in [0.15, 0.2) is 40.3 Å². The lowest BCUT2D eigenvalue weighted by atomic mass is 10.1. The minimum absolute atomic E-state index is 0.0174.